The lowest BCUT2D eigenvalue weighted by atomic mass is 10.2. The Labute approximate surface area is 86.6 Å². The molecule has 0 spiro atoms. The van der Waals surface area contributed by atoms with Gasteiger partial charge in [0.2, 0.25) is 5.91 Å². The minimum Gasteiger partial charge on any atom is -0.354 e. The van der Waals surface area contributed by atoms with Gasteiger partial charge >= 0.3 is 6.18 Å². The zero-order valence-corrected chi connectivity index (χ0v) is 8.60. The lowest BCUT2D eigenvalue weighted by Crippen LogP contribution is -2.39. The third-order valence-corrected chi connectivity index (χ3v) is 2.57. The summed E-state index contributed by atoms with van der Waals surface area (Å²) < 4.78 is 35.4. The van der Waals surface area contributed by atoms with E-state index in [9.17, 15) is 18.0 Å². The van der Waals surface area contributed by atoms with Crippen LogP contribution in [0.15, 0.2) is 0 Å². The van der Waals surface area contributed by atoms with Crippen molar-refractivity contribution < 1.29 is 18.0 Å². The van der Waals surface area contributed by atoms with Crippen LogP contribution >= 0.6 is 0 Å². The number of nitrogens with one attached hydrogen (secondary N) is 1. The average molecular weight is 224 g/mol. The summed E-state index contributed by atoms with van der Waals surface area (Å²) in [7, 11) is 1.91. The van der Waals surface area contributed by atoms with Crippen molar-refractivity contribution in [1.29, 1.82) is 0 Å². The largest absolute Gasteiger partial charge is 0.397 e. The number of carbonyl (C=O) groups excluding carboxylic acids is 1. The maximum atomic E-state index is 11.8. The highest BCUT2D eigenvalue weighted by molar-refractivity contribution is 5.76. The van der Waals surface area contributed by atoms with Gasteiger partial charge in [-0.25, -0.2) is 0 Å². The molecule has 0 aliphatic carbocycles. The topological polar surface area (TPSA) is 32.3 Å². The third-order valence-electron chi connectivity index (χ3n) is 2.57. The van der Waals surface area contributed by atoms with Crippen LogP contribution in [0.1, 0.15) is 19.3 Å². The fourth-order valence-corrected chi connectivity index (χ4v) is 1.71. The fourth-order valence-electron chi connectivity index (χ4n) is 1.71. The average Bonchev–Trinajstić information content (AvgIpc) is 2.44. The maximum Gasteiger partial charge on any atom is 0.397 e. The summed E-state index contributed by atoms with van der Waals surface area (Å²) >= 11 is 0. The van der Waals surface area contributed by atoms with Crippen molar-refractivity contribution in [2.75, 3.05) is 20.1 Å². The number of hydrogen-bond acceptors (Lipinski definition) is 2. The zero-order chi connectivity index (χ0) is 11.5. The molecule has 15 heavy (non-hydrogen) atoms. The van der Waals surface area contributed by atoms with E-state index in [1.54, 1.807) is 0 Å². The number of likely N-dealkylation sites (N-methyl/N-ethyl adjacent to an activating group) is 1. The summed E-state index contributed by atoms with van der Waals surface area (Å²) in [5, 5.41) is 2.31. The molecule has 0 aromatic carbocycles. The van der Waals surface area contributed by atoms with Crippen LogP contribution in [0, 0.1) is 0 Å². The molecule has 0 radical (unpaired) electrons. The smallest absolute Gasteiger partial charge is 0.354 e. The van der Waals surface area contributed by atoms with Gasteiger partial charge in [0.25, 0.3) is 0 Å². The Balaban J connectivity index is 2.22. The molecule has 0 aromatic heterocycles. The Kier molecular flexibility index (Phi) is 3.96. The number of likely N-dealkylation sites (tertiary alicyclic amines) is 1. The normalized spacial score (nSPS) is 23.1. The van der Waals surface area contributed by atoms with Gasteiger partial charge in [-0.1, -0.05) is 0 Å². The minimum atomic E-state index is -4.41. The molecule has 1 N–H and O–H groups in total. The Bertz CT molecular complexity index is 230. The quantitative estimate of drug-likeness (QED) is 0.780. The maximum absolute atomic E-state index is 11.8. The Hall–Kier alpha value is -0.780. The van der Waals surface area contributed by atoms with Crippen LogP contribution in [0.25, 0.3) is 0 Å². The highest BCUT2D eigenvalue weighted by Gasteiger charge is 2.31. The first-order valence-electron chi connectivity index (χ1n) is 4.92. The Morgan fingerprint density at radius 1 is 1.53 bits per heavy atom. The molecule has 1 aliphatic heterocycles. The molecule has 1 aliphatic rings. The van der Waals surface area contributed by atoms with Crippen LogP contribution in [-0.4, -0.2) is 43.2 Å². The number of amides is 1. The highest BCUT2D eigenvalue weighted by Crippen LogP contribution is 2.19. The lowest BCUT2D eigenvalue weighted by Gasteiger charge is -2.19. The van der Waals surface area contributed by atoms with Crippen molar-refractivity contribution in [3.8, 4) is 0 Å². The van der Waals surface area contributed by atoms with Gasteiger partial charge < -0.3 is 10.2 Å². The van der Waals surface area contributed by atoms with Crippen LogP contribution in [0.5, 0.6) is 0 Å². The number of halogens is 3. The van der Waals surface area contributed by atoms with E-state index in [0.29, 0.717) is 6.54 Å². The summed E-state index contributed by atoms with van der Waals surface area (Å²) in [6, 6.07) is 0.183. The summed E-state index contributed by atoms with van der Waals surface area (Å²) in [5.41, 5.74) is 0. The van der Waals surface area contributed by atoms with Crippen molar-refractivity contribution in [1.82, 2.24) is 10.2 Å². The van der Waals surface area contributed by atoms with Crippen molar-refractivity contribution in [3.05, 3.63) is 0 Å². The van der Waals surface area contributed by atoms with E-state index in [1.807, 2.05) is 11.9 Å². The molecule has 3 nitrogen and oxygen atoms in total. The molecular weight excluding hydrogens is 209 g/mol. The van der Waals surface area contributed by atoms with Crippen LogP contribution in [-0.2, 0) is 4.79 Å². The number of alkyl halides is 3. The first kappa shape index (κ1) is 12.3. The van der Waals surface area contributed by atoms with Gasteiger partial charge in [-0.2, -0.15) is 13.2 Å². The second-order valence-electron chi connectivity index (χ2n) is 3.87. The number of rotatable bonds is 3. The zero-order valence-electron chi connectivity index (χ0n) is 8.60. The lowest BCUT2D eigenvalue weighted by molar-refractivity contribution is -0.153. The predicted molar refractivity (Wildman–Crippen MR) is 49.3 cm³/mol. The second-order valence-corrected chi connectivity index (χ2v) is 3.87. The van der Waals surface area contributed by atoms with Crippen LogP contribution in [0.4, 0.5) is 13.2 Å². The summed E-state index contributed by atoms with van der Waals surface area (Å²) in [6.45, 7) is 1.26. The summed E-state index contributed by atoms with van der Waals surface area (Å²) in [6.07, 6.45) is -3.83. The van der Waals surface area contributed by atoms with Crippen molar-refractivity contribution >= 4 is 5.91 Å². The van der Waals surface area contributed by atoms with Crippen LogP contribution < -0.4 is 5.32 Å². The number of hydrogen-bond donors (Lipinski definition) is 1. The number of nitrogens with zero attached hydrogens (tertiary/aromatic N) is 1. The van der Waals surface area contributed by atoms with Gasteiger partial charge in [-0.3, -0.25) is 4.79 Å². The standard InChI is InChI=1S/C9H15F3N2O/c1-14-4-2-3-7(14)6-13-8(15)5-9(10,11)12/h7H,2-6H2,1H3,(H,13,15)/t7-/m1/s1. The highest BCUT2D eigenvalue weighted by atomic mass is 19.4. The fraction of sp³-hybridized carbons (Fsp3) is 0.889. The van der Waals surface area contributed by atoms with Crippen molar-refractivity contribution in [2.45, 2.75) is 31.5 Å². The minimum absolute atomic E-state index is 0.183. The molecule has 1 atom stereocenters. The molecular formula is C9H15F3N2O. The van der Waals surface area contributed by atoms with Crippen LogP contribution in [0.2, 0.25) is 0 Å². The number of carbonyl (C=O) groups is 1. The molecule has 1 fully saturated rings. The molecule has 0 bridgehead atoms. The molecule has 0 unspecified atom stereocenters. The molecule has 1 rings (SSSR count). The first-order valence-corrected chi connectivity index (χ1v) is 4.92. The van der Waals surface area contributed by atoms with E-state index in [-0.39, 0.29) is 6.04 Å². The molecule has 6 heteroatoms. The third kappa shape index (κ3) is 4.51. The van der Waals surface area contributed by atoms with E-state index in [0.717, 1.165) is 19.4 Å². The van der Waals surface area contributed by atoms with Gasteiger partial charge in [0, 0.05) is 12.6 Å². The van der Waals surface area contributed by atoms with Crippen molar-refractivity contribution in [2.24, 2.45) is 0 Å². The van der Waals surface area contributed by atoms with E-state index < -0.39 is 18.5 Å². The van der Waals surface area contributed by atoms with Gasteiger partial charge in [0.05, 0.1) is 0 Å². The predicted octanol–water partition coefficient (Wildman–Crippen LogP) is 1.15. The van der Waals surface area contributed by atoms with Gasteiger partial charge in [0.15, 0.2) is 0 Å². The molecule has 0 saturated carbocycles. The molecule has 1 heterocycles. The van der Waals surface area contributed by atoms with Gasteiger partial charge in [0.1, 0.15) is 6.42 Å². The monoisotopic (exact) mass is 224 g/mol. The molecule has 0 aromatic rings. The van der Waals surface area contributed by atoms with E-state index in [1.165, 1.54) is 0 Å². The van der Waals surface area contributed by atoms with Crippen LogP contribution in [0.3, 0.4) is 0 Å². The van der Waals surface area contributed by atoms with Crippen molar-refractivity contribution in [3.63, 3.8) is 0 Å². The second kappa shape index (κ2) is 4.83. The molecule has 1 amide bonds. The Morgan fingerprint density at radius 3 is 2.67 bits per heavy atom. The summed E-state index contributed by atoms with van der Waals surface area (Å²) in [5.74, 6) is -0.942. The van der Waals surface area contributed by atoms with E-state index in [2.05, 4.69) is 5.32 Å². The van der Waals surface area contributed by atoms with Gasteiger partial charge in [-0.15, -0.1) is 0 Å². The van der Waals surface area contributed by atoms with E-state index in [4.69, 9.17) is 0 Å². The van der Waals surface area contributed by atoms with E-state index >= 15 is 0 Å². The first-order chi connectivity index (χ1) is 6.88. The van der Waals surface area contributed by atoms with Gasteiger partial charge in [-0.05, 0) is 26.4 Å². The molecule has 1 saturated heterocycles. The SMILES string of the molecule is CN1CCC[C@@H]1CNC(=O)CC(F)(F)F. The summed E-state index contributed by atoms with van der Waals surface area (Å²) in [4.78, 5) is 12.9. The molecule has 88 valence electrons. The Morgan fingerprint density at radius 2 is 2.20 bits per heavy atom.